The summed E-state index contributed by atoms with van der Waals surface area (Å²) in [4.78, 5) is 38.1. The molecule has 382 valence electrons. The van der Waals surface area contributed by atoms with Gasteiger partial charge in [0.15, 0.2) is 6.10 Å². The van der Waals surface area contributed by atoms with Crippen molar-refractivity contribution in [1.29, 1.82) is 0 Å². The summed E-state index contributed by atoms with van der Waals surface area (Å²) in [6.07, 6.45) is 63.1. The van der Waals surface area contributed by atoms with Gasteiger partial charge in [-0.05, 0) is 51.4 Å². The monoisotopic (exact) mass is 915 g/mol. The van der Waals surface area contributed by atoms with Crippen molar-refractivity contribution in [2.24, 2.45) is 0 Å². The van der Waals surface area contributed by atoms with Crippen LogP contribution in [0.4, 0.5) is 0 Å². The second kappa shape index (κ2) is 54.5. The van der Waals surface area contributed by atoms with Gasteiger partial charge < -0.3 is 14.2 Å². The van der Waals surface area contributed by atoms with Crippen molar-refractivity contribution >= 4 is 17.9 Å². The lowest BCUT2D eigenvalue weighted by Gasteiger charge is -2.18. The Morgan fingerprint density at radius 2 is 0.554 bits per heavy atom. The normalized spacial score (nSPS) is 12.1. The summed E-state index contributed by atoms with van der Waals surface area (Å²) in [7, 11) is 0. The molecule has 1 atom stereocenters. The summed E-state index contributed by atoms with van der Waals surface area (Å²) in [5, 5.41) is 0. The van der Waals surface area contributed by atoms with Crippen LogP contribution in [-0.4, -0.2) is 37.2 Å². The molecule has 0 rings (SSSR count). The zero-order valence-corrected chi connectivity index (χ0v) is 43.8. The molecule has 0 heterocycles. The van der Waals surface area contributed by atoms with Crippen molar-refractivity contribution in [3.63, 3.8) is 0 Å². The molecular formula is C59H110O6. The summed E-state index contributed by atoms with van der Waals surface area (Å²) in [6, 6.07) is 0. The molecule has 6 heteroatoms. The molecule has 0 amide bonds. The van der Waals surface area contributed by atoms with Gasteiger partial charge in [0.05, 0.1) is 0 Å². The molecule has 0 saturated carbocycles. The maximum atomic E-state index is 12.8. The molecule has 0 aromatic carbocycles. The van der Waals surface area contributed by atoms with Crippen LogP contribution in [-0.2, 0) is 28.6 Å². The van der Waals surface area contributed by atoms with Gasteiger partial charge in [0, 0.05) is 19.3 Å². The molecular weight excluding hydrogens is 805 g/mol. The van der Waals surface area contributed by atoms with Crippen molar-refractivity contribution in [2.45, 2.75) is 322 Å². The molecule has 0 aliphatic rings. The predicted molar refractivity (Wildman–Crippen MR) is 279 cm³/mol. The quantitative estimate of drug-likeness (QED) is 0.0262. The van der Waals surface area contributed by atoms with Crippen LogP contribution in [0.25, 0.3) is 0 Å². The van der Waals surface area contributed by atoms with E-state index in [9.17, 15) is 14.4 Å². The fraction of sp³-hybridized carbons (Fsp3) is 0.881. The van der Waals surface area contributed by atoms with Gasteiger partial charge in [-0.2, -0.15) is 0 Å². The van der Waals surface area contributed by atoms with E-state index in [-0.39, 0.29) is 31.1 Å². The highest BCUT2D eigenvalue weighted by Gasteiger charge is 2.19. The highest BCUT2D eigenvalue weighted by Crippen LogP contribution is 2.17. The summed E-state index contributed by atoms with van der Waals surface area (Å²) in [5.41, 5.74) is 0. The zero-order valence-electron chi connectivity index (χ0n) is 43.8. The number of hydrogen-bond donors (Lipinski definition) is 0. The second-order valence-corrected chi connectivity index (χ2v) is 19.6. The van der Waals surface area contributed by atoms with Gasteiger partial charge in [-0.15, -0.1) is 0 Å². The van der Waals surface area contributed by atoms with Gasteiger partial charge in [-0.25, -0.2) is 0 Å². The summed E-state index contributed by atoms with van der Waals surface area (Å²) in [5.74, 6) is -0.865. The van der Waals surface area contributed by atoms with E-state index in [4.69, 9.17) is 14.2 Å². The van der Waals surface area contributed by atoms with Gasteiger partial charge in [0.2, 0.25) is 0 Å². The average molecular weight is 916 g/mol. The third-order valence-electron chi connectivity index (χ3n) is 13.0. The molecule has 0 bridgehead atoms. The van der Waals surface area contributed by atoms with E-state index >= 15 is 0 Å². The molecule has 0 spiro atoms. The first-order chi connectivity index (χ1) is 32.0. The van der Waals surface area contributed by atoms with Gasteiger partial charge in [-0.3, -0.25) is 14.4 Å². The van der Waals surface area contributed by atoms with Crippen molar-refractivity contribution in [2.75, 3.05) is 13.2 Å². The topological polar surface area (TPSA) is 78.9 Å². The minimum atomic E-state index is -0.773. The van der Waals surface area contributed by atoms with Crippen LogP contribution in [0.15, 0.2) is 24.3 Å². The lowest BCUT2D eigenvalue weighted by atomic mass is 10.0. The number of ether oxygens (including phenoxy) is 3. The van der Waals surface area contributed by atoms with E-state index in [2.05, 4.69) is 45.1 Å². The lowest BCUT2D eigenvalue weighted by Crippen LogP contribution is -2.30. The Kier molecular flexibility index (Phi) is 52.7. The molecule has 0 aliphatic heterocycles. The Balaban J connectivity index is 4.31. The predicted octanol–water partition coefficient (Wildman–Crippen LogP) is 19.1. The minimum Gasteiger partial charge on any atom is -0.462 e. The largest absolute Gasteiger partial charge is 0.462 e. The lowest BCUT2D eigenvalue weighted by molar-refractivity contribution is -0.167. The first-order valence-electron chi connectivity index (χ1n) is 28.8. The Labute approximate surface area is 404 Å². The van der Waals surface area contributed by atoms with Crippen LogP contribution in [0.1, 0.15) is 316 Å². The molecule has 0 aromatic rings. The van der Waals surface area contributed by atoms with Crippen LogP contribution in [0.3, 0.4) is 0 Å². The molecule has 65 heavy (non-hydrogen) atoms. The van der Waals surface area contributed by atoms with Crippen molar-refractivity contribution in [3.8, 4) is 0 Å². The van der Waals surface area contributed by atoms with E-state index in [0.29, 0.717) is 19.3 Å². The number of esters is 3. The van der Waals surface area contributed by atoms with Crippen LogP contribution < -0.4 is 0 Å². The number of allylic oxidation sites excluding steroid dienone is 4. The summed E-state index contributed by atoms with van der Waals surface area (Å²) < 4.78 is 16.9. The number of carbonyl (C=O) groups excluding carboxylic acids is 3. The Hall–Kier alpha value is -2.11. The molecule has 1 unspecified atom stereocenters. The Bertz CT molecular complexity index is 1050. The maximum Gasteiger partial charge on any atom is 0.306 e. The second-order valence-electron chi connectivity index (χ2n) is 19.6. The molecule has 0 fully saturated rings. The third kappa shape index (κ3) is 52.7. The fourth-order valence-corrected chi connectivity index (χ4v) is 8.59. The minimum absolute atomic E-state index is 0.0716. The Morgan fingerprint density at radius 1 is 0.308 bits per heavy atom. The maximum absolute atomic E-state index is 12.8. The van der Waals surface area contributed by atoms with Crippen molar-refractivity contribution in [1.82, 2.24) is 0 Å². The van der Waals surface area contributed by atoms with Gasteiger partial charge in [0.25, 0.3) is 0 Å². The molecule has 0 saturated heterocycles. The van der Waals surface area contributed by atoms with Crippen LogP contribution >= 0.6 is 0 Å². The number of carbonyl (C=O) groups is 3. The van der Waals surface area contributed by atoms with E-state index in [1.54, 1.807) is 0 Å². The number of hydrogen-bond acceptors (Lipinski definition) is 6. The van der Waals surface area contributed by atoms with Crippen molar-refractivity contribution in [3.05, 3.63) is 24.3 Å². The number of unbranched alkanes of at least 4 members (excludes halogenated alkanes) is 38. The summed E-state index contributed by atoms with van der Waals surface area (Å²) in [6.45, 7) is 6.66. The van der Waals surface area contributed by atoms with E-state index < -0.39 is 6.10 Å². The highest BCUT2D eigenvalue weighted by atomic mass is 16.6. The van der Waals surface area contributed by atoms with E-state index in [0.717, 1.165) is 77.0 Å². The summed E-state index contributed by atoms with van der Waals surface area (Å²) >= 11 is 0. The first-order valence-corrected chi connectivity index (χ1v) is 28.8. The smallest absolute Gasteiger partial charge is 0.306 e. The van der Waals surface area contributed by atoms with Gasteiger partial charge in [0.1, 0.15) is 13.2 Å². The Morgan fingerprint density at radius 3 is 0.862 bits per heavy atom. The van der Waals surface area contributed by atoms with Crippen LogP contribution in [0.5, 0.6) is 0 Å². The highest BCUT2D eigenvalue weighted by molar-refractivity contribution is 5.71. The van der Waals surface area contributed by atoms with Gasteiger partial charge in [-0.1, -0.05) is 270 Å². The zero-order chi connectivity index (χ0) is 47.2. The average Bonchev–Trinajstić information content (AvgIpc) is 3.30. The van der Waals surface area contributed by atoms with E-state index in [1.165, 1.54) is 199 Å². The molecule has 6 nitrogen and oxygen atoms in total. The fourth-order valence-electron chi connectivity index (χ4n) is 8.59. The molecule has 0 aromatic heterocycles. The van der Waals surface area contributed by atoms with Gasteiger partial charge >= 0.3 is 17.9 Å². The van der Waals surface area contributed by atoms with Crippen molar-refractivity contribution < 1.29 is 28.6 Å². The SMILES string of the molecule is CCCCCC/C=C\C/C=C\CCCCCCCC(=O)OC(COC(=O)CCCCCCCCCCCCCC)COC(=O)CCCCCCCCCCCCCCCCCCCCC. The molecule has 0 radical (unpaired) electrons. The molecule has 0 aliphatic carbocycles. The van der Waals surface area contributed by atoms with E-state index in [1.807, 2.05) is 0 Å². The number of rotatable bonds is 53. The van der Waals surface area contributed by atoms with Crippen LogP contribution in [0.2, 0.25) is 0 Å². The first kappa shape index (κ1) is 62.9. The standard InChI is InChI=1S/C59H110O6/c1-4-7-10-13-16-19-22-25-27-29-30-31-33-34-37-40-43-46-49-52-58(61)64-55-56(54-63-57(60)51-48-45-42-39-36-24-21-18-15-12-9-6-3)65-59(62)53-50-47-44-41-38-35-32-28-26-23-20-17-14-11-8-5-2/h20,23,28,32,56H,4-19,21-22,24-27,29-31,33-55H2,1-3H3/b23-20-,32-28-. The third-order valence-corrected chi connectivity index (χ3v) is 13.0. The van der Waals surface area contributed by atoms with Crippen LogP contribution in [0, 0.1) is 0 Å². The molecule has 0 N–H and O–H groups in total.